The lowest BCUT2D eigenvalue weighted by Crippen LogP contribution is -2.25. The maximum absolute atomic E-state index is 13.1. The summed E-state index contributed by atoms with van der Waals surface area (Å²) in [5.74, 6) is 1.77. The van der Waals surface area contributed by atoms with Crippen molar-refractivity contribution in [3.8, 4) is 11.5 Å². The summed E-state index contributed by atoms with van der Waals surface area (Å²) in [6, 6.07) is 20.9. The fourth-order valence-corrected chi connectivity index (χ4v) is 5.57. The molecule has 0 saturated carbocycles. The first kappa shape index (κ1) is 26.3. The largest absolute Gasteiger partial charge is 0.493 e. The van der Waals surface area contributed by atoms with Crippen LogP contribution in [0.5, 0.6) is 11.5 Å². The summed E-state index contributed by atoms with van der Waals surface area (Å²) in [7, 11) is 0. The number of ether oxygens (including phenoxy) is 2. The lowest BCUT2D eigenvalue weighted by molar-refractivity contribution is 0.0950. The van der Waals surface area contributed by atoms with E-state index in [4.69, 9.17) is 9.47 Å². The van der Waals surface area contributed by atoms with E-state index in [1.54, 1.807) is 0 Å². The van der Waals surface area contributed by atoms with Gasteiger partial charge in [-0.15, -0.1) is 0 Å². The molecule has 1 amide bonds. The van der Waals surface area contributed by atoms with Crippen molar-refractivity contribution in [3.63, 3.8) is 0 Å². The number of carbonyl (C=O) groups is 1. The molecule has 5 heteroatoms. The predicted octanol–water partition coefficient (Wildman–Crippen LogP) is 6.31. The number of hydrogen-bond donors (Lipinski definition) is 1. The van der Waals surface area contributed by atoms with Crippen molar-refractivity contribution < 1.29 is 14.3 Å². The Morgan fingerprint density at radius 3 is 2.74 bits per heavy atom. The van der Waals surface area contributed by atoms with Gasteiger partial charge in [0, 0.05) is 31.5 Å². The quantitative estimate of drug-likeness (QED) is 0.436. The van der Waals surface area contributed by atoms with Crippen LogP contribution in [0.1, 0.15) is 77.7 Å². The minimum absolute atomic E-state index is 0.0683. The SMILES string of the molecule is CCCN1CCCCCOc2ccc(C(=O)NCc3ccc4c(c3)CC(C)O4)cc2Cc2cccc(c2)C1. The molecule has 0 aromatic heterocycles. The van der Waals surface area contributed by atoms with Crippen LogP contribution in [-0.4, -0.2) is 36.6 Å². The monoisotopic (exact) mass is 512 g/mol. The summed E-state index contributed by atoms with van der Waals surface area (Å²) in [6.07, 6.45) is 6.42. The van der Waals surface area contributed by atoms with Crippen molar-refractivity contribution in [2.24, 2.45) is 0 Å². The second kappa shape index (κ2) is 12.5. The summed E-state index contributed by atoms with van der Waals surface area (Å²) in [5, 5.41) is 3.10. The van der Waals surface area contributed by atoms with E-state index in [-0.39, 0.29) is 12.0 Å². The van der Waals surface area contributed by atoms with E-state index in [0.29, 0.717) is 18.7 Å². The van der Waals surface area contributed by atoms with Crippen LogP contribution in [0, 0.1) is 0 Å². The van der Waals surface area contributed by atoms with Crippen LogP contribution < -0.4 is 14.8 Å². The molecule has 1 N–H and O–H groups in total. The van der Waals surface area contributed by atoms with Crippen molar-refractivity contribution in [2.75, 3.05) is 19.7 Å². The van der Waals surface area contributed by atoms with Gasteiger partial charge in [0.1, 0.15) is 17.6 Å². The third kappa shape index (κ3) is 6.76. The standard InChI is InChI=1S/C33H40N2O3/c1-3-14-35-15-5-4-6-16-37-31-13-11-28(21-30(31)19-25-8-7-9-27(18-25)23-35)33(36)34-22-26-10-12-32-29(20-26)17-24(2)38-32/h7-13,18,20-21,24H,3-6,14-17,19,22-23H2,1-2H3,(H,34,36). The highest BCUT2D eigenvalue weighted by molar-refractivity contribution is 5.94. The topological polar surface area (TPSA) is 50.8 Å². The number of benzene rings is 3. The molecule has 200 valence electrons. The number of carbonyl (C=O) groups excluding carboxylic acids is 1. The van der Waals surface area contributed by atoms with Crippen molar-refractivity contribution in [1.82, 2.24) is 10.2 Å². The summed E-state index contributed by atoms with van der Waals surface area (Å²) in [4.78, 5) is 15.7. The predicted molar refractivity (Wildman–Crippen MR) is 152 cm³/mol. The van der Waals surface area contributed by atoms with Crippen LogP contribution in [0.3, 0.4) is 0 Å². The maximum Gasteiger partial charge on any atom is 0.251 e. The Morgan fingerprint density at radius 1 is 0.974 bits per heavy atom. The molecule has 0 aliphatic carbocycles. The molecule has 0 fully saturated rings. The molecule has 2 aliphatic rings. The fraction of sp³-hybridized carbons (Fsp3) is 0.424. The minimum Gasteiger partial charge on any atom is -0.493 e. The van der Waals surface area contributed by atoms with Gasteiger partial charge in [0.05, 0.1) is 6.61 Å². The summed E-state index contributed by atoms with van der Waals surface area (Å²) in [5.41, 5.74) is 6.61. The number of fused-ring (bicyclic) bond motifs is 4. The van der Waals surface area contributed by atoms with Gasteiger partial charge < -0.3 is 14.8 Å². The normalized spacial score (nSPS) is 17.9. The molecule has 2 bridgehead atoms. The number of rotatable bonds is 5. The fourth-order valence-electron chi connectivity index (χ4n) is 5.57. The summed E-state index contributed by atoms with van der Waals surface area (Å²) in [6.45, 7) is 8.77. The van der Waals surface area contributed by atoms with Gasteiger partial charge in [-0.25, -0.2) is 0 Å². The van der Waals surface area contributed by atoms with Crippen LogP contribution in [0.15, 0.2) is 60.7 Å². The molecule has 38 heavy (non-hydrogen) atoms. The van der Waals surface area contributed by atoms with E-state index < -0.39 is 0 Å². The van der Waals surface area contributed by atoms with Crippen molar-refractivity contribution >= 4 is 5.91 Å². The molecule has 3 aromatic rings. The summed E-state index contributed by atoms with van der Waals surface area (Å²) >= 11 is 0. The van der Waals surface area contributed by atoms with E-state index in [1.807, 2.05) is 30.3 Å². The van der Waals surface area contributed by atoms with Crippen molar-refractivity contribution in [2.45, 2.75) is 71.6 Å². The Kier molecular flexibility index (Phi) is 8.65. The Morgan fingerprint density at radius 2 is 1.84 bits per heavy atom. The zero-order valence-corrected chi connectivity index (χ0v) is 22.8. The minimum atomic E-state index is -0.0683. The first-order valence-electron chi connectivity index (χ1n) is 14.2. The van der Waals surface area contributed by atoms with E-state index in [1.165, 1.54) is 29.5 Å². The molecule has 1 unspecified atom stereocenters. The highest BCUT2D eigenvalue weighted by Crippen LogP contribution is 2.29. The molecule has 0 spiro atoms. The van der Waals surface area contributed by atoms with Crippen molar-refractivity contribution in [3.05, 3.63) is 94.0 Å². The van der Waals surface area contributed by atoms with Gasteiger partial charge in [-0.05, 0) is 97.8 Å². The number of amides is 1. The zero-order valence-electron chi connectivity index (χ0n) is 22.8. The Hall–Kier alpha value is -3.31. The van der Waals surface area contributed by atoms with Crippen LogP contribution in [-0.2, 0) is 25.9 Å². The van der Waals surface area contributed by atoms with Gasteiger partial charge in [-0.2, -0.15) is 0 Å². The average Bonchev–Trinajstić information content (AvgIpc) is 3.29. The van der Waals surface area contributed by atoms with E-state index in [9.17, 15) is 4.79 Å². The smallest absolute Gasteiger partial charge is 0.251 e. The van der Waals surface area contributed by atoms with Crippen LogP contribution in [0.4, 0.5) is 0 Å². The highest BCUT2D eigenvalue weighted by Gasteiger charge is 2.19. The molecular formula is C33H40N2O3. The number of nitrogens with zero attached hydrogens (tertiary/aromatic N) is 1. The van der Waals surface area contributed by atoms with Gasteiger partial charge in [-0.1, -0.05) is 43.3 Å². The second-order valence-electron chi connectivity index (χ2n) is 10.8. The zero-order chi connectivity index (χ0) is 26.3. The first-order valence-corrected chi connectivity index (χ1v) is 14.2. The molecule has 5 rings (SSSR count). The molecule has 5 nitrogen and oxygen atoms in total. The lowest BCUT2D eigenvalue weighted by Gasteiger charge is -2.22. The molecule has 2 aliphatic heterocycles. The number of hydrogen-bond acceptors (Lipinski definition) is 4. The molecular weight excluding hydrogens is 472 g/mol. The van der Waals surface area contributed by atoms with Gasteiger partial charge in [0.2, 0.25) is 0 Å². The van der Waals surface area contributed by atoms with Gasteiger partial charge in [0.15, 0.2) is 0 Å². The van der Waals surface area contributed by atoms with E-state index in [2.05, 4.69) is 54.4 Å². The number of nitrogens with one attached hydrogen (secondary N) is 1. The Bertz CT molecular complexity index is 1250. The maximum atomic E-state index is 13.1. The Balaban J connectivity index is 1.32. The highest BCUT2D eigenvalue weighted by atomic mass is 16.5. The lowest BCUT2D eigenvalue weighted by atomic mass is 9.99. The Labute approximate surface area is 227 Å². The average molecular weight is 513 g/mol. The first-order chi connectivity index (χ1) is 18.6. The van der Waals surface area contributed by atoms with Crippen LogP contribution in [0.25, 0.3) is 0 Å². The van der Waals surface area contributed by atoms with Crippen LogP contribution in [0.2, 0.25) is 0 Å². The third-order valence-electron chi connectivity index (χ3n) is 7.44. The van der Waals surface area contributed by atoms with E-state index >= 15 is 0 Å². The van der Waals surface area contributed by atoms with E-state index in [0.717, 1.165) is 67.9 Å². The van der Waals surface area contributed by atoms with Crippen molar-refractivity contribution in [1.29, 1.82) is 0 Å². The molecule has 0 saturated heterocycles. The molecule has 3 aromatic carbocycles. The molecule has 1 atom stereocenters. The molecule has 2 heterocycles. The summed E-state index contributed by atoms with van der Waals surface area (Å²) < 4.78 is 12.0. The van der Waals surface area contributed by atoms with Gasteiger partial charge in [-0.3, -0.25) is 9.69 Å². The van der Waals surface area contributed by atoms with Gasteiger partial charge >= 0.3 is 0 Å². The molecule has 0 radical (unpaired) electrons. The second-order valence-corrected chi connectivity index (χ2v) is 10.8. The van der Waals surface area contributed by atoms with Crippen LogP contribution >= 0.6 is 0 Å². The third-order valence-corrected chi connectivity index (χ3v) is 7.44. The van der Waals surface area contributed by atoms with Gasteiger partial charge in [0.25, 0.3) is 5.91 Å².